The van der Waals surface area contributed by atoms with Crippen LogP contribution in [-0.2, 0) is 10.0 Å². The van der Waals surface area contributed by atoms with Gasteiger partial charge in [-0.25, -0.2) is 13.4 Å². The highest BCUT2D eigenvalue weighted by atomic mass is 32.2. The number of hydrogen-bond donors (Lipinski definition) is 0. The molecule has 0 saturated carbocycles. The van der Waals surface area contributed by atoms with Crippen LogP contribution in [-0.4, -0.2) is 30.8 Å². The third-order valence-corrected chi connectivity index (χ3v) is 5.94. The van der Waals surface area contributed by atoms with Crippen molar-refractivity contribution in [1.29, 1.82) is 0 Å². The van der Waals surface area contributed by atoms with Crippen molar-refractivity contribution < 1.29 is 12.8 Å². The Morgan fingerprint density at radius 1 is 1.14 bits per heavy atom. The van der Waals surface area contributed by atoms with Gasteiger partial charge in [-0.05, 0) is 25.0 Å². The fraction of sp³-hybridized carbons (Fsp3) is 0.438. The van der Waals surface area contributed by atoms with E-state index in [1.165, 1.54) is 4.31 Å². The van der Waals surface area contributed by atoms with Crippen LogP contribution in [0.15, 0.2) is 39.8 Å². The maximum atomic E-state index is 12.6. The summed E-state index contributed by atoms with van der Waals surface area (Å²) < 4.78 is 31.8. The van der Waals surface area contributed by atoms with Crippen molar-refractivity contribution in [3.05, 3.63) is 36.4 Å². The Bertz CT molecular complexity index is 733. The van der Waals surface area contributed by atoms with Crippen LogP contribution in [0, 0.1) is 12.8 Å². The molecule has 2 aromatic rings. The number of rotatable bonds is 5. The molecule has 6 heteroatoms. The van der Waals surface area contributed by atoms with Gasteiger partial charge in [0.2, 0.25) is 10.0 Å². The van der Waals surface area contributed by atoms with Crippen LogP contribution in [0.25, 0.3) is 11.3 Å². The predicted molar refractivity (Wildman–Crippen MR) is 85.9 cm³/mol. The van der Waals surface area contributed by atoms with Gasteiger partial charge >= 0.3 is 0 Å². The zero-order valence-corrected chi connectivity index (χ0v) is 14.4. The SMILES string of the molecule is Cc1nc(-c2ccc(S(=O)(=O)N(C)[C@H](C)C(C)C)cc2)co1. The van der Waals surface area contributed by atoms with Crippen LogP contribution in [0.4, 0.5) is 0 Å². The lowest BCUT2D eigenvalue weighted by molar-refractivity contribution is 0.316. The van der Waals surface area contributed by atoms with Gasteiger partial charge in [0, 0.05) is 25.6 Å². The summed E-state index contributed by atoms with van der Waals surface area (Å²) in [6.07, 6.45) is 1.56. The molecule has 0 aliphatic heterocycles. The third-order valence-electron chi connectivity index (χ3n) is 3.98. The Labute approximate surface area is 132 Å². The number of benzene rings is 1. The van der Waals surface area contributed by atoms with E-state index in [2.05, 4.69) is 4.98 Å². The second-order valence-electron chi connectivity index (χ2n) is 5.78. The van der Waals surface area contributed by atoms with E-state index in [4.69, 9.17) is 4.42 Å². The second-order valence-corrected chi connectivity index (χ2v) is 7.78. The molecule has 0 spiro atoms. The molecule has 0 radical (unpaired) electrons. The van der Waals surface area contributed by atoms with Gasteiger partial charge in [0.05, 0.1) is 4.90 Å². The van der Waals surface area contributed by atoms with Crippen LogP contribution >= 0.6 is 0 Å². The minimum Gasteiger partial charge on any atom is -0.449 e. The van der Waals surface area contributed by atoms with Crippen LogP contribution in [0.2, 0.25) is 0 Å². The molecule has 0 bridgehead atoms. The van der Waals surface area contributed by atoms with Gasteiger partial charge < -0.3 is 4.42 Å². The third kappa shape index (κ3) is 3.23. The smallest absolute Gasteiger partial charge is 0.243 e. The lowest BCUT2D eigenvalue weighted by Gasteiger charge is -2.27. The lowest BCUT2D eigenvalue weighted by atomic mass is 10.1. The first-order valence-electron chi connectivity index (χ1n) is 7.24. The molecular formula is C16H22N2O3S. The normalized spacial score (nSPS) is 13.8. The fourth-order valence-corrected chi connectivity index (χ4v) is 3.59. The molecule has 0 unspecified atom stereocenters. The maximum Gasteiger partial charge on any atom is 0.243 e. The summed E-state index contributed by atoms with van der Waals surface area (Å²) in [7, 11) is -1.87. The van der Waals surface area contributed by atoms with E-state index in [1.54, 1.807) is 44.5 Å². The van der Waals surface area contributed by atoms with Crippen molar-refractivity contribution in [2.75, 3.05) is 7.05 Å². The number of oxazole rings is 1. The van der Waals surface area contributed by atoms with Gasteiger partial charge in [0.1, 0.15) is 12.0 Å². The Balaban J connectivity index is 2.29. The van der Waals surface area contributed by atoms with Gasteiger partial charge in [-0.2, -0.15) is 4.31 Å². The van der Waals surface area contributed by atoms with E-state index in [1.807, 2.05) is 20.8 Å². The molecule has 5 nitrogen and oxygen atoms in total. The highest BCUT2D eigenvalue weighted by Crippen LogP contribution is 2.24. The van der Waals surface area contributed by atoms with E-state index in [-0.39, 0.29) is 16.9 Å². The first kappa shape index (κ1) is 16.7. The lowest BCUT2D eigenvalue weighted by Crippen LogP contribution is -2.38. The maximum absolute atomic E-state index is 12.6. The van der Waals surface area contributed by atoms with E-state index >= 15 is 0 Å². The van der Waals surface area contributed by atoms with Gasteiger partial charge in [-0.1, -0.05) is 26.0 Å². The van der Waals surface area contributed by atoms with Crippen LogP contribution in [0.5, 0.6) is 0 Å². The molecule has 0 N–H and O–H groups in total. The molecule has 2 rings (SSSR count). The number of hydrogen-bond acceptors (Lipinski definition) is 4. The van der Waals surface area contributed by atoms with E-state index in [9.17, 15) is 8.42 Å². The van der Waals surface area contributed by atoms with Crippen molar-refractivity contribution in [2.24, 2.45) is 5.92 Å². The standard InChI is InChI=1S/C16H22N2O3S/c1-11(2)12(3)18(5)22(19,20)15-8-6-14(7-9-15)16-10-21-13(4)17-16/h6-12H,1-5H3/t12-/m1/s1. The Morgan fingerprint density at radius 3 is 2.18 bits per heavy atom. The summed E-state index contributed by atoms with van der Waals surface area (Å²) in [4.78, 5) is 4.52. The average Bonchev–Trinajstić information content (AvgIpc) is 2.92. The molecule has 120 valence electrons. The number of sulfonamides is 1. The predicted octanol–water partition coefficient (Wildman–Crippen LogP) is 3.32. The van der Waals surface area contributed by atoms with Gasteiger partial charge in [0.25, 0.3) is 0 Å². The molecule has 0 aliphatic carbocycles. The second kappa shape index (κ2) is 6.22. The van der Waals surface area contributed by atoms with Crippen molar-refractivity contribution in [2.45, 2.75) is 38.6 Å². The van der Waals surface area contributed by atoms with Gasteiger partial charge in [-0.3, -0.25) is 0 Å². The summed E-state index contributed by atoms with van der Waals surface area (Å²) >= 11 is 0. The molecule has 22 heavy (non-hydrogen) atoms. The Morgan fingerprint density at radius 2 is 1.73 bits per heavy atom. The number of aromatic nitrogens is 1. The van der Waals surface area contributed by atoms with Gasteiger partial charge in [-0.15, -0.1) is 0 Å². The minimum absolute atomic E-state index is 0.0668. The molecular weight excluding hydrogens is 300 g/mol. The van der Waals surface area contributed by atoms with Crippen LogP contribution < -0.4 is 0 Å². The summed E-state index contributed by atoms with van der Waals surface area (Å²) in [5, 5.41) is 0. The molecule has 0 saturated heterocycles. The summed E-state index contributed by atoms with van der Waals surface area (Å²) in [6.45, 7) is 7.69. The van der Waals surface area contributed by atoms with E-state index < -0.39 is 10.0 Å². The monoisotopic (exact) mass is 322 g/mol. The fourth-order valence-electron chi connectivity index (χ4n) is 2.10. The number of aryl methyl sites for hydroxylation is 1. The Kier molecular flexibility index (Phi) is 4.72. The van der Waals surface area contributed by atoms with Crippen molar-refractivity contribution in [1.82, 2.24) is 9.29 Å². The van der Waals surface area contributed by atoms with Crippen molar-refractivity contribution >= 4 is 10.0 Å². The molecule has 0 amide bonds. The quantitative estimate of drug-likeness (QED) is 0.847. The molecule has 1 aromatic heterocycles. The molecule has 0 fully saturated rings. The summed E-state index contributed by atoms with van der Waals surface area (Å²) in [5.74, 6) is 0.828. The topological polar surface area (TPSA) is 63.4 Å². The first-order chi connectivity index (χ1) is 10.2. The molecule has 0 aliphatic rings. The number of nitrogens with zero attached hydrogens (tertiary/aromatic N) is 2. The largest absolute Gasteiger partial charge is 0.449 e. The van der Waals surface area contributed by atoms with Crippen molar-refractivity contribution in [3.8, 4) is 11.3 Å². The zero-order chi connectivity index (χ0) is 16.5. The van der Waals surface area contributed by atoms with Crippen molar-refractivity contribution in [3.63, 3.8) is 0 Å². The molecule has 1 aromatic carbocycles. The van der Waals surface area contributed by atoms with Gasteiger partial charge in [0.15, 0.2) is 5.89 Å². The zero-order valence-electron chi connectivity index (χ0n) is 13.6. The highest BCUT2D eigenvalue weighted by molar-refractivity contribution is 7.89. The summed E-state index contributed by atoms with van der Waals surface area (Å²) in [6, 6.07) is 6.65. The van der Waals surface area contributed by atoms with E-state index in [0.717, 1.165) is 5.56 Å². The molecule has 1 atom stereocenters. The molecule has 1 heterocycles. The first-order valence-corrected chi connectivity index (χ1v) is 8.68. The highest BCUT2D eigenvalue weighted by Gasteiger charge is 2.26. The minimum atomic E-state index is -3.49. The van der Waals surface area contributed by atoms with E-state index in [0.29, 0.717) is 11.6 Å². The van der Waals surface area contributed by atoms with Crippen LogP contribution in [0.3, 0.4) is 0 Å². The average molecular weight is 322 g/mol. The Hall–Kier alpha value is -1.66. The summed E-state index contributed by atoms with van der Waals surface area (Å²) in [5.41, 5.74) is 1.53. The van der Waals surface area contributed by atoms with Crippen LogP contribution in [0.1, 0.15) is 26.7 Å².